The fourth-order valence-corrected chi connectivity index (χ4v) is 2.23. The predicted octanol–water partition coefficient (Wildman–Crippen LogP) is 1.93. The van der Waals surface area contributed by atoms with Crippen molar-refractivity contribution in [2.75, 3.05) is 5.73 Å². The minimum absolute atomic E-state index is 0.0726. The third-order valence-corrected chi connectivity index (χ3v) is 3.17. The summed E-state index contributed by atoms with van der Waals surface area (Å²) < 4.78 is 4.24. The van der Waals surface area contributed by atoms with Crippen LogP contribution in [0.1, 0.15) is 23.5 Å². The Kier molecular flexibility index (Phi) is 3.57. The summed E-state index contributed by atoms with van der Waals surface area (Å²) in [6.45, 7) is 3.80. The second-order valence-electron chi connectivity index (χ2n) is 4.14. The van der Waals surface area contributed by atoms with Crippen LogP contribution in [-0.4, -0.2) is 21.3 Å². The van der Waals surface area contributed by atoms with Gasteiger partial charge in [0.2, 0.25) is 0 Å². The fraction of sp³-hybridized carbons (Fsp3) is 0.250. The maximum Gasteiger partial charge on any atom is 0.265 e. The van der Waals surface area contributed by atoms with Crippen LogP contribution in [0, 0.1) is 0 Å². The third-order valence-electron chi connectivity index (χ3n) is 2.31. The molecule has 0 saturated heterocycles. The molecule has 2 aromatic heterocycles. The van der Waals surface area contributed by atoms with Crippen molar-refractivity contribution in [2.24, 2.45) is 0 Å². The lowest BCUT2D eigenvalue weighted by Crippen LogP contribution is -2.29. The van der Waals surface area contributed by atoms with E-state index in [1.54, 1.807) is 12.4 Å². The second kappa shape index (κ2) is 5.14. The van der Waals surface area contributed by atoms with Crippen molar-refractivity contribution >= 4 is 23.1 Å². The van der Waals surface area contributed by atoms with Crippen molar-refractivity contribution < 1.29 is 4.79 Å². The molecular weight excluding hydrogens is 248 g/mol. The Morgan fingerprint density at radius 2 is 2.06 bits per heavy atom. The van der Waals surface area contributed by atoms with Crippen molar-refractivity contribution in [1.29, 1.82) is 0 Å². The van der Waals surface area contributed by atoms with E-state index < -0.39 is 0 Å². The van der Waals surface area contributed by atoms with Gasteiger partial charge in [0.1, 0.15) is 10.6 Å². The number of aromatic nitrogens is 2. The van der Waals surface area contributed by atoms with Crippen molar-refractivity contribution in [3.63, 3.8) is 0 Å². The zero-order chi connectivity index (χ0) is 13.1. The summed E-state index contributed by atoms with van der Waals surface area (Å²) in [5.74, 6) is -0.180. The minimum Gasteiger partial charge on any atom is -0.396 e. The quantitative estimate of drug-likeness (QED) is 0.885. The highest BCUT2D eigenvalue weighted by molar-refractivity contribution is 7.09. The first kappa shape index (κ1) is 12.5. The van der Waals surface area contributed by atoms with Crippen LogP contribution in [0.2, 0.25) is 0 Å². The molecule has 3 N–H and O–H groups in total. The molecule has 0 bridgehead atoms. The van der Waals surface area contributed by atoms with Gasteiger partial charge in [-0.25, -0.2) is 0 Å². The zero-order valence-corrected chi connectivity index (χ0v) is 11.0. The van der Waals surface area contributed by atoms with E-state index in [9.17, 15) is 4.79 Å². The van der Waals surface area contributed by atoms with E-state index in [1.807, 2.05) is 26.0 Å². The molecule has 0 aromatic carbocycles. The van der Waals surface area contributed by atoms with E-state index >= 15 is 0 Å². The number of rotatable bonds is 3. The number of nitrogens with zero attached hydrogens (tertiary/aromatic N) is 2. The molecule has 0 atom stereocenters. The zero-order valence-electron chi connectivity index (χ0n) is 10.2. The normalized spacial score (nSPS) is 10.6. The number of nitrogens with two attached hydrogens (primary N) is 1. The Morgan fingerprint density at radius 1 is 1.39 bits per heavy atom. The van der Waals surface area contributed by atoms with Crippen molar-refractivity contribution in [3.8, 4) is 11.3 Å². The van der Waals surface area contributed by atoms with E-state index in [4.69, 9.17) is 5.73 Å². The lowest BCUT2D eigenvalue weighted by molar-refractivity contribution is 0.0948. The van der Waals surface area contributed by atoms with Crippen LogP contribution in [0.15, 0.2) is 24.5 Å². The minimum atomic E-state index is -0.180. The van der Waals surface area contributed by atoms with Crippen molar-refractivity contribution in [3.05, 3.63) is 29.4 Å². The van der Waals surface area contributed by atoms with E-state index in [0.717, 1.165) is 17.1 Å². The Morgan fingerprint density at radius 3 is 2.67 bits per heavy atom. The second-order valence-corrected chi connectivity index (χ2v) is 4.91. The molecule has 2 heterocycles. The standard InChI is InChI=1S/C12H14N4OS/c1-7(2)15-12(17)11-9(13)10(16-18-11)8-3-5-14-6-4-8/h3-7H,13H2,1-2H3,(H,15,17). The average molecular weight is 262 g/mol. The Labute approximate surface area is 109 Å². The van der Waals surface area contributed by atoms with Gasteiger partial charge in [0.05, 0.1) is 5.69 Å². The van der Waals surface area contributed by atoms with E-state index in [0.29, 0.717) is 16.3 Å². The molecule has 0 aliphatic heterocycles. The molecule has 0 spiro atoms. The maximum atomic E-state index is 11.9. The molecule has 0 unspecified atom stereocenters. The highest BCUT2D eigenvalue weighted by Gasteiger charge is 2.18. The number of nitrogen functional groups attached to an aromatic ring is 1. The van der Waals surface area contributed by atoms with Crippen LogP contribution in [-0.2, 0) is 0 Å². The molecule has 1 amide bonds. The average Bonchev–Trinajstić information content (AvgIpc) is 2.71. The molecule has 0 fully saturated rings. The highest BCUT2D eigenvalue weighted by Crippen LogP contribution is 2.30. The molecule has 2 aromatic rings. The van der Waals surface area contributed by atoms with Crippen LogP contribution >= 0.6 is 11.5 Å². The molecule has 5 nitrogen and oxygen atoms in total. The van der Waals surface area contributed by atoms with Gasteiger partial charge in [0.25, 0.3) is 5.91 Å². The van der Waals surface area contributed by atoms with E-state index in [2.05, 4.69) is 14.7 Å². The molecule has 0 aliphatic rings. The van der Waals surface area contributed by atoms with E-state index in [1.165, 1.54) is 0 Å². The fourth-order valence-electron chi connectivity index (χ4n) is 1.51. The molecular formula is C12H14N4OS. The van der Waals surface area contributed by atoms with Gasteiger partial charge in [-0.2, -0.15) is 4.37 Å². The first-order valence-corrected chi connectivity index (χ1v) is 6.33. The molecule has 94 valence electrons. The summed E-state index contributed by atoms with van der Waals surface area (Å²) >= 11 is 1.11. The van der Waals surface area contributed by atoms with Gasteiger partial charge in [-0.1, -0.05) is 0 Å². The number of anilines is 1. The van der Waals surface area contributed by atoms with E-state index in [-0.39, 0.29) is 11.9 Å². The lowest BCUT2D eigenvalue weighted by Gasteiger charge is -2.06. The molecule has 0 saturated carbocycles. The van der Waals surface area contributed by atoms with Crippen LogP contribution < -0.4 is 11.1 Å². The van der Waals surface area contributed by atoms with Gasteiger partial charge in [-0.05, 0) is 37.5 Å². The van der Waals surface area contributed by atoms with Gasteiger partial charge in [-0.15, -0.1) is 0 Å². The van der Waals surface area contributed by atoms with Gasteiger partial charge in [-0.3, -0.25) is 9.78 Å². The summed E-state index contributed by atoms with van der Waals surface area (Å²) in [6, 6.07) is 3.70. The highest BCUT2D eigenvalue weighted by atomic mass is 32.1. The molecule has 18 heavy (non-hydrogen) atoms. The first-order chi connectivity index (χ1) is 8.59. The number of hydrogen-bond acceptors (Lipinski definition) is 5. The van der Waals surface area contributed by atoms with Gasteiger partial charge >= 0.3 is 0 Å². The number of amides is 1. The van der Waals surface area contributed by atoms with Crippen LogP contribution in [0.25, 0.3) is 11.3 Å². The predicted molar refractivity (Wildman–Crippen MR) is 72.4 cm³/mol. The van der Waals surface area contributed by atoms with Crippen LogP contribution in [0.5, 0.6) is 0 Å². The molecule has 0 radical (unpaired) electrons. The number of hydrogen-bond donors (Lipinski definition) is 2. The topological polar surface area (TPSA) is 80.9 Å². The monoisotopic (exact) mass is 262 g/mol. The van der Waals surface area contributed by atoms with Crippen LogP contribution in [0.3, 0.4) is 0 Å². The molecule has 2 rings (SSSR count). The number of carbonyl (C=O) groups is 1. The van der Waals surface area contributed by atoms with Gasteiger partial charge < -0.3 is 11.1 Å². The smallest absolute Gasteiger partial charge is 0.265 e. The summed E-state index contributed by atoms with van der Waals surface area (Å²) in [5, 5.41) is 2.80. The Balaban J connectivity index is 2.32. The molecule has 6 heteroatoms. The first-order valence-electron chi connectivity index (χ1n) is 5.56. The SMILES string of the molecule is CC(C)NC(=O)c1snc(-c2ccncc2)c1N. The number of nitrogens with one attached hydrogen (secondary N) is 1. The maximum absolute atomic E-state index is 11.9. The Bertz CT molecular complexity index is 550. The van der Waals surface area contributed by atoms with Gasteiger partial charge in [0.15, 0.2) is 0 Å². The summed E-state index contributed by atoms with van der Waals surface area (Å²) in [6.07, 6.45) is 3.34. The summed E-state index contributed by atoms with van der Waals surface area (Å²) in [5.41, 5.74) is 7.90. The molecule has 0 aliphatic carbocycles. The number of carbonyl (C=O) groups excluding carboxylic acids is 1. The number of pyridine rings is 1. The van der Waals surface area contributed by atoms with Gasteiger partial charge in [0, 0.05) is 24.0 Å². The van der Waals surface area contributed by atoms with Crippen molar-refractivity contribution in [1.82, 2.24) is 14.7 Å². The third kappa shape index (κ3) is 2.48. The summed E-state index contributed by atoms with van der Waals surface area (Å²) in [4.78, 5) is 16.3. The Hall–Kier alpha value is -1.95. The summed E-state index contributed by atoms with van der Waals surface area (Å²) in [7, 11) is 0. The lowest BCUT2D eigenvalue weighted by atomic mass is 10.1. The van der Waals surface area contributed by atoms with Crippen molar-refractivity contribution in [2.45, 2.75) is 19.9 Å². The van der Waals surface area contributed by atoms with Crippen LogP contribution in [0.4, 0.5) is 5.69 Å². The largest absolute Gasteiger partial charge is 0.396 e.